The van der Waals surface area contributed by atoms with Crippen molar-refractivity contribution in [3.63, 3.8) is 0 Å². The van der Waals surface area contributed by atoms with Gasteiger partial charge >= 0.3 is 0 Å². The minimum absolute atomic E-state index is 0.318. The van der Waals surface area contributed by atoms with Gasteiger partial charge in [0.2, 0.25) is 0 Å². The summed E-state index contributed by atoms with van der Waals surface area (Å²) in [5.74, 6) is 0. The highest BCUT2D eigenvalue weighted by molar-refractivity contribution is 7.97. The van der Waals surface area contributed by atoms with Gasteiger partial charge in [-0.3, -0.25) is 0 Å². The fourth-order valence-corrected chi connectivity index (χ4v) is 7.69. The van der Waals surface area contributed by atoms with Gasteiger partial charge in [0.25, 0.3) is 0 Å². The lowest BCUT2D eigenvalue weighted by Crippen LogP contribution is -2.38. The molecular formula is C31H48ClN5S2. The maximum atomic E-state index is 6.25. The molecule has 2 aliphatic rings. The van der Waals surface area contributed by atoms with Gasteiger partial charge in [-0.15, -0.1) is 0 Å². The number of nitrogens with zero attached hydrogens (tertiary/aromatic N) is 5. The number of anilines is 1. The summed E-state index contributed by atoms with van der Waals surface area (Å²) < 4.78 is 7.78. The van der Waals surface area contributed by atoms with E-state index >= 15 is 0 Å². The van der Waals surface area contributed by atoms with Gasteiger partial charge in [0.15, 0.2) is 0 Å². The molecule has 0 amide bonds. The zero-order chi connectivity index (χ0) is 27.8. The first kappa shape index (κ1) is 31.0. The molecule has 2 aromatic rings. The van der Waals surface area contributed by atoms with E-state index in [1.807, 2.05) is 30.1 Å². The molecule has 2 aromatic carbocycles. The van der Waals surface area contributed by atoms with Crippen molar-refractivity contribution < 1.29 is 0 Å². The summed E-state index contributed by atoms with van der Waals surface area (Å²) in [4.78, 5) is 6.20. The molecule has 1 fully saturated rings. The summed E-state index contributed by atoms with van der Waals surface area (Å²) in [5.41, 5.74) is 4.41. The molecule has 0 saturated carbocycles. The quantitative estimate of drug-likeness (QED) is 0.328. The van der Waals surface area contributed by atoms with Gasteiger partial charge in [0, 0.05) is 87.6 Å². The molecule has 0 unspecified atom stereocenters. The maximum Gasteiger partial charge on any atom is 0.0408 e. The molecule has 4 rings (SSSR count). The lowest BCUT2D eigenvalue weighted by molar-refractivity contribution is 0.178. The van der Waals surface area contributed by atoms with Gasteiger partial charge < -0.3 is 9.80 Å². The minimum Gasteiger partial charge on any atom is -0.378 e. The van der Waals surface area contributed by atoms with Crippen LogP contribution in [0, 0.1) is 5.41 Å². The van der Waals surface area contributed by atoms with Crippen LogP contribution >= 0.6 is 35.7 Å². The second-order valence-electron chi connectivity index (χ2n) is 12.3. The van der Waals surface area contributed by atoms with Gasteiger partial charge in [-0.25, -0.2) is 12.9 Å². The second-order valence-corrected chi connectivity index (χ2v) is 15.1. The number of benzene rings is 2. The van der Waals surface area contributed by atoms with Crippen LogP contribution in [0.1, 0.15) is 51.2 Å². The lowest BCUT2D eigenvalue weighted by Gasteiger charge is -2.35. The molecule has 2 heterocycles. The van der Waals surface area contributed by atoms with Crippen molar-refractivity contribution in [2.24, 2.45) is 5.41 Å². The number of hydrogen-bond acceptors (Lipinski definition) is 7. The Kier molecular flexibility index (Phi) is 11.8. The molecule has 8 heteroatoms. The highest BCUT2D eigenvalue weighted by Crippen LogP contribution is 2.30. The van der Waals surface area contributed by atoms with Crippen molar-refractivity contribution in [1.29, 1.82) is 0 Å². The molecule has 0 aliphatic carbocycles. The first-order valence-corrected chi connectivity index (χ1v) is 16.4. The smallest absolute Gasteiger partial charge is 0.0408 e. The van der Waals surface area contributed by atoms with Crippen molar-refractivity contribution in [3.8, 4) is 0 Å². The van der Waals surface area contributed by atoms with Gasteiger partial charge in [-0.05, 0) is 104 Å². The molecular weight excluding hydrogens is 542 g/mol. The third-order valence-corrected chi connectivity index (χ3v) is 9.72. The van der Waals surface area contributed by atoms with Gasteiger partial charge in [-0.1, -0.05) is 38.4 Å². The van der Waals surface area contributed by atoms with E-state index in [2.05, 4.69) is 94.0 Å². The van der Waals surface area contributed by atoms with Gasteiger partial charge in [0.05, 0.1) is 0 Å². The van der Waals surface area contributed by atoms with E-state index in [-0.39, 0.29) is 0 Å². The molecule has 5 nitrogen and oxygen atoms in total. The van der Waals surface area contributed by atoms with Crippen molar-refractivity contribution in [2.45, 2.75) is 57.9 Å². The number of hydrogen-bond donors (Lipinski definition) is 0. The van der Waals surface area contributed by atoms with Crippen molar-refractivity contribution in [3.05, 3.63) is 58.6 Å². The van der Waals surface area contributed by atoms with Crippen molar-refractivity contribution in [2.75, 3.05) is 71.4 Å². The Balaban J connectivity index is 1.40. The van der Waals surface area contributed by atoms with Crippen LogP contribution < -0.4 is 4.90 Å². The zero-order valence-electron chi connectivity index (χ0n) is 24.7. The van der Waals surface area contributed by atoms with Crippen molar-refractivity contribution in [1.82, 2.24) is 17.8 Å². The Morgan fingerprint density at radius 1 is 0.769 bits per heavy atom. The molecule has 39 heavy (non-hydrogen) atoms. The first-order chi connectivity index (χ1) is 18.6. The molecule has 1 saturated heterocycles. The van der Waals surface area contributed by atoms with Gasteiger partial charge in [-0.2, -0.15) is 0 Å². The summed E-state index contributed by atoms with van der Waals surface area (Å²) in [6, 6.07) is 15.4. The number of rotatable bonds is 6. The maximum absolute atomic E-state index is 6.25. The molecule has 0 atom stereocenters. The van der Waals surface area contributed by atoms with Crippen LogP contribution in [-0.2, 0) is 13.0 Å². The first-order valence-electron chi connectivity index (χ1n) is 14.5. The summed E-state index contributed by atoms with van der Waals surface area (Å²) in [5, 5.41) is 0.855. The van der Waals surface area contributed by atoms with Crippen LogP contribution in [0.15, 0.2) is 47.4 Å². The van der Waals surface area contributed by atoms with E-state index in [9.17, 15) is 0 Å². The zero-order valence-corrected chi connectivity index (χ0v) is 27.1. The molecule has 0 spiro atoms. The molecule has 216 valence electrons. The highest BCUT2D eigenvalue weighted by atomic mass is 35.5. The Bertz CT molecular complexity index is 1030. The van der Waals surface area contributed by atoms with Gasteiger partial charge in [0.1, 0.15) is 0 Å². The second kappa shape index (κ2) is 14.8. The predicted octanol–water partition coefficient (Wildman–Crippen LogP) is 7.17. The average molecular weight is 590 g/mol. The van der Waals surface area contributed by atoms with E-state index in [4.69, 9.17) is 11.6 Å². The van der Waals surface area contributed by atoms with Crippen LogP contribution in [-0.4, -0.2) is 84.3 Å². The van der Waals surface area contributed by atoms with Crippen LogP contribution in [0.4, 0.5) is 5.69 Å². The Labute approximate surface area is 251 Å². The monoisotopic (exact) mass is 589 g/mol. The summed E-state index contributed by atoms with van der Waals surface area (Å²) in [6.45, 7) is 17.2. The number of fused-ring (bicyclic) bond motifs is 1. The summed E-state index contributed by atoms with van der Waals surface area (Å²) >= 11 is 10.2. The molecule has 0 N–H and O–H groups in total. The van der Waals surface area contributed by atoms with Crippen LogP contribution in [0.25, 0.3) is 0 Å². The minimum atomic E-state index is 0.318. The van der Waals surface area contributed by atoms with E-state index in [1.165, 1.54) is 54.1 Å². The van der Waals surface area contributed by atoms with E-state index < -0.39 is 0 Å². The third-order valence-electron chi connectivity index (χ3n) is 7.24. The SMILES string of the molecule is CN(C)c1ccc(SN2CCCN(CC(C)(C)C)CCCN(SN3CCc4cc(Cl)ccc4C3)CCC2)cc1. The lowest BCUT2D eigenvalue weighted by atomic mass is 9.96. The van der Waals surface area contributed by atoms with E-state index in [1.54, 1.807) is 0 Å². The van der Waals surface area contributed by atoms with Crippen LogP contribution in [0.2, 0.25) is 5.02 Å². The normalized spacial score (nSPS) is 19.7. The van der Waals surface area contributed by atoms with E-state index in [0.29, 0.717) is 5.41 Å². The average Bonchev–Trinajstić information content (AvgIpc) is 2.87. The van der Waals surface area contributed by atoms with E-state index in [0.717, 1.165) is 57.3 Å². The standard InChI is InChI=1S/C31H48ClN5S2/c1-31(2,3)25-34-16-6-18-35(38-30-13-11-29(12-14-30)33(4)5)19-8-21-36(20-7-17-34)39-37-22-15-26-23-28(32)10-9-27(26)24-37/h9-14,23H,6-8,15-22,24-25H2,1-5H3. The summed E-state index contributed by atoms with van der Waals surface area (Å²) in [6.07, 6.45) is 4.70. The Morgan fingerprint density at radius 2 is 1.41 bits per heavy atom. The summed E-state index contributed by atoms with van der Waals surface area (Å²) in [7, 11) is 4.20. The molecule has 2 aliphatic heterocycles. The number of halogens is 1. The topological polar surface area (TPSA) is 16.2 Å². The van der Waals surface area contributed by atoms with Crippen LogP contribution in [0.3, 0.4) is 0 Å². The molecule has 0 radical (unpaired) electrons. The molecule has 0 bridgehead atoms. The van der Waals surface area contributed by atoms with Crippen molar-refractivity contribution >= 4 is 41.4 Å². The Morgan fingerprint density at radius 3 is 2.05 bits per heavy atom. The van der Waals surface area contributed by atoms with Crippen LogP contribution in [0.5, 0.6) is 0 Å². The molecule has 0 aromatic heterocycles. The highest BCUT2D eigenvalue weighted by Gasteiger charge is 2.22. The predicted molar refractivity (Wildman–Crippen MR) is 173 cm³/mol. The third kappa shape index (κ3) is 10.4. The Hall–Kier alpha value is -0.930. The fraction of sp³-hybridized carbons (Fsp3) is 0.613. The fourth-order valence-electron chi connectivity index (χ4n) is 5.38. The largest absolute Gasteiger partial charge is 0.378 e.